The molecule has 1 aromatic heterocycles. The number of pyridine rings is 1. The highest BCUT2D eigenvalue weighted by Gasteiger charge is 2.31. The number of nitrogens with zero attached hydrogens (tertiary/aromatic N) is 1. The first-order valence-corrected chi connectivity index (χ1v) is 7.82. The molecule has 2 aliphatic rings. The molecule has 4 nitrogen and oxygen atoms in total. The van der Waals surface area contributed by atoms with E-state index in [4.69, 9.17) is 4.74 Å². The summed E-state index contributed by atoms with van der Waals surface area (Å²) in [7, 11) is 0. The normalized spacial score (nSPS) is 25.4. The molecule has 1 amide bonds. The van der Waals surface area contributed by atoms with E-state index in [2.05, 4.69) is 16.4 Å². The van der Waals surface area contributed by atoms with Gasteiger partial charge in [0.1, 0.15) is 6.10 Å². The number of hydrogen-bond acceptors (Lipinski definition) is 3. The zero-order chi connectivity index (χ0) is 14.5. The predicted molar refractivity (Wildman–Crippen MR) is 80.6 cm³/mol. The molecule has 1 fully saturated rings. The third kappa shape index (κ3) is 3.70. The molecule has 1 N–H and O–H groups in total. The van der Waals surface area contributed by atoms with Crippen molar-refractivity contribution in [1.29, 1.82) is 0 Å². The standard InChI is InChI=1S/C17H22N2O2/c20-16(11-13-5-2-1-3-6-13)19-15-8-10-21-17(15)14-7-4-9-18-12-14/h4-5,7,9,12,15,17H,1-3,6,8,10-11H2,(H,19,20)/t15-,17+/m0/s1. The van der Waals surface area contributed by atoms with Gasteiger partial charge in [0, 0.05) is 31.0 Å². The molecule has 1 aliphatic carbocycles. The predicted octanol–water partition coefficient (Wildman–Crippen LogP) is 2.92. The fraction of sp³-hybridized carbons (Fsp3) is 0.529. The van der Waals surface area contributed by atoms with Crippen molar-refractivity contribution in [2.45, 2.75) is 50.7 Å². The molecule has 1 aliphatic heterocycles. The highest BCUT2D eigenvalue weighted by Crippen LogP contribution is 2.29. The SMILES string of the molecule is O=C(CC1=CCCCC1)N[C@H]1CCO[C@@H]1c1cccnc1. The molecule has 1 saturated heterocycles. The fourth-order valence-corrected chi connectivity index (χ4v) is 3.14. The first-order valence-electron chi connectivity index (χ1n) is 7.82. The van der Waals surface area contributed by atoms with Gasteiger partial charge in [0.05, 0.1) is 6.04 Å². The van der Waals surface area contributed by atoms with Gasteiger partial charge in [-0.05, 0) is 38.2 Å². The molecule has 112 valence electrons. The van der Waals surface area contributed by atoms with Gasteiger partial charge >= 0.3 is 0 Å². The minimum atomic E-state index is -0.0667. The van der Waals surface area contributed by atoms with Crippen molar-refractivity contribution >= 4 is 5.91 Å². The summed E-state index contributed by atoms with van der Waals surface area (Å²) in [5.41, 5.74) is 2.33. The van der Waals surface area contributed by atoms with Crippen molar-refractivity contribution in [2.24, 2.45) is 0 Å². The molecule has 1 aromatic rings. The van der Waals surface area contributed by atoms with Crippen LogP contribution in [-0.4, -0.2) is 23.5 Å². The summed E-state index contributed by atoms with van der Waals surface area (Å²) in [5.74, 6) is 0.118. The highest BCUT2D eigenvalue weighted by molar-refractivity contribution is 5.79. The Morgan fingerprint density at radius 2 is 2.38 bits per heavy atom. The van der Waals surface area contributed by atoms with Crippen LogP contribution in [0.3, 0.4) is 0 Å². The molecule has 0 radical (unpaired) electrons. The number of aromatic nitrogens is 1. The Morgan fingerprint density at radius 1 is 1.43 bits per heavy atom. The highest BCUT2D eigenvalue weighted by atomic mass is 16.5. The Bertz CT molecular complexity index is 513. The van der Waals surface area contributed by atoms with Gasteiger partial charge in [0.15, 0.2) is 0 Å². The number of ether oxygens (including phenoxy) is 1. The van der Waals surface area contributed by atoms with E-state index in [0.717, 1.165) is 24.8 Å². The minimum absolute atomic E-state index is 0.0610. The lowest BCUT2D eigenvalue weighted by molar-refractivity contribution is -0.121. The zero-order valence-corrected chi connectivity index (χ0v) is 12.3. The van der Waals surface area contributed by atoms with Crippen LogP contribution in [0.1, 0.15) is 50.2 Å². The Kier molecular flexibility index (Phi) is 4.65. The monoisotopic (exact) mass is 286 g/mol. The molecule has 0 saturated carbocycles. The van der Waals surface area contributed by atoms with Crippen LogP contribution in [0.25, 0.3) is 0 Å². The lowest BCUT2D eigenvalue weighted by atomic mass is 9.96. The van der Waals surface area contributed by atoms with Crippen molar-refractivity contribution in [1.82, 2.24) is 10.3 Å². The Morgan fingerprint density at radius 3 is 3.14 bits per heavy atom. The van der Waals surface area contributed by atoms with E-state index in [1.165, 1.54) is 18.4 Å². The molecule has 3 rings (SSSR count). The second-order valence-electron chi connectivity index (χ2n) is 5.83. The minimum Gasteiger partial charge on any atom is -0.371 e. The number of allylic oxidation sites excluding steroid dienone is 1. The van der Waals surface area contributed by atoms with Gasteiger partial charge in [-0.3, -0.25) is 9.78 Å². The molecular weight excluding hydrogens is 264 g/mol. The van der Waals surface area contributed by atoms with E-state index >= 15 is 0 Å². The average molecular weight is 286 g/mol. The van der Waals surface area contributed by atoms with Gasteiger partial charge in [-0.2, -0.15) is 0 Å². The molecule has 2 atom stereocenters. The Hall–Kier alpha value is -1.68. The van der Waals surface area contributed by atoms with Crippen LogP contribution in [0.4, 0.5) is 0 Å². The number of nitrogens with one attached hydrogen (secondary N) is 1. The first kappa shape index (κ1) is 14.3. The van der Waals surface area contributed by atoms with Crippen molar-refractivity contribution in [3.05, 3.63) is 41.7 Å². The lowest BCUT2D eigenvalue weighted by Gasteiger charge is -2.21. The van der Waals surface area contributed by atoms with Crippen LogP contribution >= 0.6 is 0 Å². The number of rotatable bonds is 4. The number of carbonyl (C=O) groups excluding carboxylic acids is 1. The number of hydrogen-bond donors (Lipinski definition) is 1. The van der Waals surface area contributed by atoms with Gasteiger partial charge in [0.2, 0.25) is 5.91 Å². The number of amides is 1. The molecule has 0 unspecified atom stereocenters. The van der Waals surface area contributed by atoms with Crippen molar-refractivity contribution in [2.75, 3.05) is 6.61 Å². The molecule has 0 bridgehead atoms. The summed E-state index contributed by atoms with van der Waals surface area (Å²) in [6, 6.07) is 3.97. The molecular formula is C17H22N2O2. The van der Waals surface area contributed by atoms with E-state index in [1.54, 1.807) is 6.20 Å². The maximum atomic E-state index is 12.2. The summed E-state index contributed by atoms with van der Waals surface area (Å²) in [4.78, 5) is 16.4. The molecule has 0 spiro atoms. The smallest absolute Gasteiger partial charge is 0.224 e. The van der Waals surface area contributed by atoms with E-state index in [-0.39, 0.29) is 18.1 Å². The lowest BCUT2D eigenvalue weighted by Crippen LogP contribution is -2.37. The third-order valence-electron chi connectivity index (χ3n) is 4.22. The average Bonchev–Trinajstić information content (AvgIpc) is 2.97. The van der Waals surface area contributed by atoms with Crippen LogP contribution < -0.4 is 5.32 Å². The van der Waals surface area contributed by atoms with Crippen LogP contribution in [0.15, 0.2) is 36.2 Å². The second-order valence-corrected chi connectivity index (χ2v) is 5.83. The molecule has 21 heavy (non-hydrogen) atoms. The topological polar surface area (TPSA) is 51.2 Å². The summed E-state index contributed by atoms with van der Waals surface area (Å²) >= 11 is 0. The number of carbonyl (C=O) groups is 1. The van der Waals surface area contributed by atoms with E-state index in [0.29, 0.717) is 13.0 Å². The van der Waals surface area contributed by atoms with Crippen molar-refractivity contribution in [3.8, 4) is 0 Å². The Balaban J connectivity index is 1.58. The Labute approximate surface area is 125 Å². The summed E-state index contributed by atoms with van der Waals surface area (Å²) in [6.07, 6.45) is 11.8. The first-order chi connectivity index (χ1) is 10.3. The summed E-state index contributed by atoms with van der Waals surface area (Å²) < 4.78 is 5.77. The van der Waals surface area contributed by atoms with Crippen LogP contribution in [-0.2, 0) is 9.53 Å². The molecule has 2 heterocycles. The van der Waals surface area contributed by atoms with Gasteiger partial charge in [-0.25, -0.2) is 0 Å². The quantitative estimate of drug-likeness (QED) is 0.866. The van der Waals surface area contributed by atoms with Crippen molar-refractivity contribution in [3.63, 3.8) is 0 Å². The van der Waals surface area contributed by atoms with Gasteiger partial charge in [0.25, 0.3) is 0 Å². The molecule has 0 aromatic carbocycles. The van der Waals surface area contributed by atoms with Crippen LogP contribution in [0.5, 0.6) is 0 Å². The summed E-state index contributed by atoms with van der Waals surface area (Å²) in [6.45, 7) is 0.688. The largest absolute Gasteiger partial charge is 0.371 e. The third-order valence-corrected chi connectivity index (χ3v) is 4.22. The van der Waals surface area contributed by atoms with Gasteiger partial charge in [-0.15, -0.1) is 0 Å². The van der Waals surface area contributed by atoms with Crippen LogP contribution in [0.2, 0.25) is 0 Å². The van der Waals surface area contributed by atoms with E-state index in [9.17, 15) is 4.79 Å². The summed E-state index contributed by atoms with van der Waals surface area (Å²) in [5, 5.41) is 3.14. The van der Waals surface area contributed by atoms with Gasteiger partial charge < -0.3 is 10.1 Å². The van der Waals surface area contributed by atoms with Crippen LogP contribution in [0, 0.1) is 0 Å². The van der Waals surface area contributed by atoms with E-state index in [1.807, 2.05) is 18.3 Å². The maximum absolute atomic E-state index is 12.2. The van der Waals surface area contributed by atoms with E-state index < -0.39 is 0 Å². The zero-order valence-electron chi connectivity index (χ0n) is 12.3. The van der Waals surface area contributed by atoms with Gasteiger partial charge in [-0.1, -0.05) is 17.7 Å². The van der Waals surface area contributed by atoms with Crippen molar-refractivity contribution < 1.29 is 9.53 Å². The molecule has 4 heteroatoms. The maximum Gasteiger partial charge on any atom is 0.224 e. The second kappa shape index (κ2) is 6.85. The fourth-order valence-electron chi connectivity index (χ4n) is 3.14.